The van der Waals surface area contributed by atoms with E-state index < -0.39 is 0 Å². The molecule has 0 aromatic rings. The van der Waals surface area contributed by atoms with Crippen LogP contribution in [0.1, 0.15) is 58.8 Å². The summed E-state index contributed by atoms with van der Waals surface area (Å²) in [4.78, 5) is 0.222. The molecule has 0 radical (unpaired) electrons. The van der Waals surface area contributed by atoms with Crippen molar-refractivity contribution in [2.24, 2.45) is 11.3 Å². The maximum absolute atomic E-state index is 10.7. The Kier molecular flexibility index (Phi) is 3.49. The number of epoxide rings is 1. The van der Waals surface area contributed by atoms with Crippen LogP contribution in [-0.4, -0.2) is 50.8 Å². The molecule has 9 atom stereocenters. The summed E-state index contributed by atoms with van der Waals surface area (Å²) in [6.45, 7) is 4.51. The van der Waals surface area contributed by atoms with E-state index in [1.54, 1.807) is 0 Å². The zero-order valence-electron chi connectivity index (χ0n) is 16.3. The van der Waals surface area contributed by atoms with E-state index in [2.05, 4.69) is 35.9 Å². The zero-order chi connectivity index (χ0) is 18.9. The number of hydrogen-bond donors (Lipinski definition) is 1. The van der Waals surface area contributed by atoms with Gasteiger partial charge >= 0.3 is 0 Å². The van der Waals surface area contributed by atoms with Gasteiger partial charge in [-0.25, -0.2) is 0 Å². The molecular formula is C21H29BrO4S. The molecule has 0 aromatic carbocycles. The van der Waals surface area contributed by atoms with Gasteiger partial charge in [-0.2, -0.15) is 0 Å². The first-order chi connectivity index (χ1) is 12.8. The number of halogens is 1. The Morgan fingerprint density at radius 2 is 2.04 bits per heavy atom. The Balaban J connectivity index is 1.47. The molecule has 6 aliphatic rings. The molecule has 3 saturated carbocycles. The fourth-order valence-electron chi connectivity index (χ4n) is 7.92. The summed E-state index contributed by atoms with van der Waals surface area (Å²) < 4.78 is 19.9. The van der Waals surface area contributed by atoms with E-state index in [0.717, 1.165) is 44.9 Å². The highest BCUT2D eigenvalue weighted by Crippen LogP contribution is 2.76. The molecule has 0 unspecified atom stereocenters. The highest BCUT2D eigenvalue weighted by molar-refractivity contribution is 9.09. The lowest BCUT2D eigenvalue weighted by atomic mass is 9.58. The quantitative estimate of drug-likeness (QED) is 0.292. The van der Waals surface area contributed by atoms with E-state index in [-0.39, 0.29) is 44.9 Å². The third kappa shape index (κ3) is 1.80. The normalized spacial score (nSPS) is 62.9. The van der Waals surface area contributed by atoms with Gasteiger partial charge < -0.3 is 18.8 Å². The smallest absolute Gasteiger partial charge is 0.148 e. The molecule has 2 bridgehead atoms. The summed E-state index contributed by atoms with van der Waals surface area (Å²) >= 11 is 5.34. The van der Waals surface area contributed by atoms with Crippen LogP contribution in [0.2, 0.25) is 0 Å². The number of aliphatic hydroxyl groups excluding tert-OH is 1. The van der Waals surface area contributed by atoms with Crippen LogP contribution in [0.15, 0.2) is 11.6 Å². The van der Waals surface area contributed by atoms with Crippen LogP contribution < -0.4 is 0 Å². The van der Waals surface area contributed by atoms with Gasteiger partial charge in [-0.1, -0.05) is 22.9 Å². The van der Waals surface area contributed by atoms with Crippen molar-refractivity contribution in [2.45, 2.75) is 98.2 Å². The third-order valence-corrected chi connectivity index (χ3v) is 10.5. The van der Waals surface area contributed by atoms with Crippen molar-refractivity contribution in [2.75, 3.05) is 6.26 Å². The SMILES string of the molecule is CSO[C@@H]1[C@H](Br)C[C@@]23CC[C@@]4(O2)C(=C[C@@]32O[C@]12C)CC[C@@]1(C)[C@H]4CC[C@@H]1O. The molecular weight excluding hydrogens is 428 g/mol. The number of rotatable bonds is 2. The summed E-state index contributed by atoms with van der Waals surface area (Å²) in [5.74, 6) is 0.427. The van der Waals surface area contributed by atoms with Crippen LogP contribution in [-0.2, 0) is 13.7 Å². The Morgan fingerprint density at radius 3 is 2.81 bits per heavy atom. The van der Waals surface area contributed by atoms with Crippen LogP contribution >= 0.6 is 28.0 Å². The molecule has 2 saturated heterocycles. The van der Waals surface area contributed by atoms with E-state index in [1.165, 1.54) is 17.6 Å². The van der Waals surface area contributed by atoms with Crippen molar-refractivity contribution in [3.8, 4) is 0 Å². The molecule has 0 aromatic heterocycles. The van der Waals surface area contributed by atoms with Crippen molar-refractivity contribution in [1.82, 2.24) is 0 Å². The molecule has 4 nitrogen and oxygen atoms in total. The number of aliphatic hydroxyl groups is 1. The Bertz CT molecular complexity index is 746. The lowest BCUT2D eigenvalue weighted by Crippen LogP contribution is -2.64. The van der Waals surface area contributed by atoms with E-state index in [4.69, 9.17) is 13.7 Å². The van der Waals surface area contributed by atoms with E-state index >= 15 is 0 Å². The molecule has 6 heteroatoms. The van der Waals surface area contributed by atoms with Gasteiger partial charge in [-0.3, -0.25) is 0 Å². The minimum absolute atomic E-state index is 0.00590. The van der Waals surface area contributed by atoms with Gasteiger partial charge in [0.2, 0.25) is 0 Å². The molecule has 27 heavy (non-hydrogen) atoms. The van der Waals surface area contributed by atoms with Gasteiger partial charge in [0, 0.05) is 11.1 Å². The number of hydrogen-bond acceptors (Lipinski definition) is 5. The summed E-state index contributed by atoms with van der Waals surface area (Å²) in [6, 6.07) is 0. The molecule has 6 rings (SSSR count). The first kappa shape index (κ1) is 18.2. The minimum Gasteiger partial charge on any atom is -0.393 e. The Morgan fingerprint density at radius 1 is 1.22 bits per heavy atom. The average molecular weight is 457 g/mol. The Hall–Kier alpha value is 0.410. The van der Waals surface area contributed by atoms with Crippen molar-refractivity contribution < 1.29 is 18.8 Å². The van der Waals surface area contributed by atoms with Crippen LogP contribution in [0.5, 0.6) is 0 Å². The van der Waals surface area contributed by atoms with E-state index in [1.807, 2.05) is 6.26 Å². The number of alkyl halides is 1. The molecule has 3 spiro atoms. The standard InChI is InChI=1S/C21H29BrO4S/c1-17-7-6-12-10-21-18(2,25-21)16(24-27-3)13(22)11-19(21)8-9-20(12,26-19)14(17)4-5-15(17)23/h10,13-16,23H,4-9,11H2,1-3H3/t13-,14-,15+,16-,17+,18-,19-,20-,21+/m1/s1. The fraction of sp³-hybridized carbons (Fsp3) is 0.905. The lowest BCUT2D eigenvalue weighted by molar-refractivity contribution is -0.187. The second-order valence-electron chi connectivity index (χ2n) is 10.2. The molecule has 3 aliphatic heterocycles. The summed E-state index contributed by atoms with van der Waals surface area (Å²) in [5.41, 5.74) is 0.333. The van der Waals surface area contributed by atoms with Crippen LogP contribution in [0.4, 0.5) is 0 Å². The predicted molar refractivity (Wildman–Crippen MR) is 108 cm³/mol. The van der Waals surface area contributed by atoms with Crippen molar-refractivity contribution in [3.05, 3.63) is 11.6 Å². The van der Waals surface area contributed by atoms with Crippen LogP contribution in [0.25, 0.3) is 0 Å². The largest absolute Gasteiger partial charge is 0.393 e. The van der Waals surface area contributed by atoms with Gasteiger partial charge in [-0.05, 0) is 86.9 Å². The molecule has 1 N–H and O–H groups in total. The van der Waals surface area contributed by atoms with Gasteiger partial charge in [0.15, 0.2) is 0 Å². The van der Waals surface area contributed by atoms with E-state index in [9.17, 15) is 5.11 Å². The maximum Gasteiger partial charge on any atom is 0.148 e. The maximum atomic E-state index is 10.7. The zero-order valence-corrected chi connectivity index (χ0v) is 18.7. The van der Waals surface area contributed by atoms with Gasteiger partial charge in [0.1, 0.15) is 22.9 Å². The Labute approximate surface area is 174 Å². The van der Waals surface area contributed by atoms with Crippen molar-refractivity contribution >= 4 is 28.0 Å². The highest BCUT2D eigenvalue weighted by atomic mass is 79.9. The monoisotopic (exact) mass is 456 g/mol. The first-order valence-electron chi connectivity index (χ1n) is 10.4. The van der Waals surface area contributed by atoms with Crippen molar-refractivity contribution in [3.63, 3.8) is 0 Å². The van der Waals surface area contributed by atoms with Gasteiger partial charge in [0.05, 0.1) is 11.7 Å². The molecule has 150 valence electrons. The molecule has 3 aliphatic carbocycles. The van der Waals surface area contributed by atoms with Gasteiger partial charge in [0.25, 0.3) is 0 Å². The predicted octanol–water partition coefficient (Wildman–Crippen LogP) is 4.14. The lowest BCUT2D eigenvalue weighted by Gasteiger charge is -2.56. The number of ether oxygens (including phenoxy) is 2. The second-order valence-corrected chi connectivity index (χ2v) is 11.9. The minimum atomic E-state index is -0.342. The highest BCUT2D eigenvalue weighted by Gasteiger charge is 2.87. The van der Waals surface area contributed by atoms with Crippen molar-refractivity contribution in [1.29, 1.82) is 0 Å². The first-order valence-corrected chi connectivity index (χ1v) is 12.5. The summed E-state index contributed by atoms with van der Waals surface area (Å²) in [5, 5.41) is 10.7. The topological polar surface area (TPSA) is 51.2 Å². The fourth-order valence-corrected chi connectivity index (χ4v) is 9.72. The molecule has 3 heterocycles. The van der Waals surface area contributed by atoms with Crippen LogP contribution in [0.3, 0.4) is 0 Å². The summed E-state index contributed by atoms with van der Waals surface area (Å²) in [7, 11) is 0. The third-order valence-electron chi connectivity index (χ3n) is 9.32. The number of fused-ring (bicyclic) bond motifs is 1. The average Bonchev–Trinajstić information content (AvgIpc) is 2.93. The van der Waals surface area contributed by atoms with E-state index in [0.29, 0.717) is 5.92 Å². The van der Waals surface area contributed by atoms with Gasteiger partial charge in [-0.15, -0.1) is 0 Å². The second kappa shape index (κ2) is 5.17. The summed E-state index contributed by atoms with van der Waals surface area (Å²) in [6.07, 6.45) is 11.4. The molecule has 5 fully saturated rings. The molecule has 0 amide bonds. The van der Waals surface area contributed by atoms with Crippen LogP contribution in [0, 0.1) is 11.3 Å².